The molecule has 1 nitrogen and oxygen atoms in total. The molecule has 21 heavy (non-hydrogen) atoms. The molecule has 1 heteroatoms. The standard InChI is InChI=1S/C20H38O/c1-3-4-5-6-7-8-9-10-11-12-13-14-15-16-17-18-20(2)19-21/h3-18H2,1-2H3. The fraction of sp³-hybridized carbons (Fsp3) is 0.900. The summed E-state index contributed by atoms with van der Waals surface area (Å²) in [5.41, 5.74) is 0.879. The number of unbranched alkanes of at least 4 members (excludes halogenated alkanes) is 14. The van der Waals surface area contributed by atoms with Gasteiger partial charge in [0.25, 0.3) is 0 Å². The van der Waals surface area contributed by atoms with E-state index in [0.29, 0.717) is 0 Å². The highest BCUT2D eigenvalue weighted by atomic mass is 16.1. The van der Waals surface area contributed by atoms with Crippen molar-refractivity contribution in [2.75, 3.05) is 0 Å². The van der Waals surface area contributed by atoms with Gasteiger partial charge in [0, 0.05) is 5.57 Å². The van der Waals surface area contributed by atoms with Crippen LogP contribution in [0.2, 0.25) is 0 Å². The van der Waals surface area contributed by atoms with E-state index in [1.807, 2.05) is 12.9 Å². The summed E-state index contributed by atoms with van der Waals surface area (Å²) in [4.78, 5) is 10.3. The summed E-state index contributed by atoms with van der Waals surface area (Å²) >= 11 is 0. The molecule has 0 spiro atoms. The molecule has 0 N–H and O–H groups in total. The first-order valence-electron chi connectivity index (χ1n) is 9.51. The third kappa shape index (κ3) is 17.4. The lowest BCUT2D eigenvalue weighted by Crippen LogP contribution is -1.84. The maximum atomic E-state index is 10.3. The van der Waals surface area contributed by atoms with Crippen LogP contribution in [-0.2, 0) is 4.79 Å². The molecule has 0 aliphatic heterocycles. The highest BCUT2D eigenvalue weighted by Gasteiger charge is 1.95. The molecule has 0 aliphatic carbocycles. The van der Waals surface area contributed by atoms with Gasteiger partial charge < -0.3 is 0 Å². The monoisotopic (exact) mass is 294 g/mol. The van der Waals surface area contributed by atoms with Crippen molar-refractivity contribution in [1.82, 2.24) is 0 Å². The van der Waals surface area contributed by atoms with Crippen LogP contribution >= 0.6 is 0 Å². The van der Waals surface area contributed by atoms with E-state index in [1.165, 1.54) is 96.3 Å². The second-order valence-corrected chi connectivity index (χ2v) is 6.58. The van der Waals surface area contributed by atoms with E-state index in [-0.39, 0.29) is 0 Å². The third-order valence-corrected chi connectivity index (χ3v) is 4.33. The van der Waals surface area contributed by atoms with Crippen LogP contribution in [0.1, 0.15) is 117 Å². The lowest BCUT2D eigenvalue weighted by molar-refractivity contribution is 0.532. The predicted molar refractivity (Wildman–Crippen MR) is 94.4 cm³/mol. The Morgan fingerprint density at radius 2 is 0.952 bits per heavy atom. The molecule has 0 saturated carbocycles. The molecule has 0 fully saturated rings. The maximum absolute atomic E-state index is 10.3. The molecular formula is C20H38O. The fourth-order valence-corrected chi connectivity index (χ4v) is 2.81. The van der Waals surface area contributed by atoms with E-state index in [4.69, 9.17) is 0 Å². The zero-order valence-corrected chi connectivity index (χ0v) is 14.7. The minimum atomic E-state index is 0.879. The maximum Gasteiger partial charge on any atom is 0.123 e. The van der Waals surface area contributed by atoms with E-state index in [1.54, 1.807) is 0 Å². The highest BCUT2D eigenvalue weighted by Crippen LogP contribution is 2.14. The topological polar surface area (TPSA) is 17.1 Å². The largest absolute Gasteiger partial charge is 0.234 e. The summed E-state index contributed by atoms with van der Waals surface area (Å²) in [7, 11) is 0. The van der Waals surface area contributed by atoms with Crippen LogP contribution in [0.15, 0.2) is 5.57 Å². The molecule has 0 aliphatic rings. The van der Waals surface area contributed by atoms with Gasteiger partial charge in [0.2, 0.25) is 0 Å². The zero-order valence-electron chi connectivity index (χ0n) is 14.7. The van der Waals surface area contributed by atoms with E-state index in [0.717, 1.165) is 12.0 Å². The van der Waals surface area contributed by atoms with Crippen molar-refractivity contribution in [1.29, 1.82) is 0 Å². The Bertz CT molecular complexity index is 251. The van der Waals surface area contributed by atoms with E-state index in [9.17, 15) is 4.79 Å². The highest BCUT2D eigenvalue weighted by molar-refractivity contribution is 5.50. The Morgan fingerprint density at radius 1 is 0.619 bits per heavy atom. The second-order valence-electron chi connectivity index (χ2n) is 6.58. The Balaban J connectivity index is 3.01. The van der Waals surface area contributed by atoms with Crippen LogP contribution in [-0.4, -0.2) is 5.94 Å². The van der Waals surface area contributed by atoms with Gasteiger partial charge in [0.05, 0.1) is 0 Å². The third-order valence-electron chi connectivity index (χ3n) is 4.33. The van der Waals surface area contributed by atoms with Crippen molar-refractivity contribution in [2.45, 2.75) is 117 Å². The van der Waals surface area contributed by atoms with Gasteiger partial charge in [-0.05, 0) is 19.8 Å². The van der Waals surface area contributed by atoms with Crippen molar-refractivity contribution in [3.63, 3.8) is 0 Å². The number of allylic oxidation sites excluding steroid dienone is 1. The van der Waals surface area contributed by atoms with Gasteiger partial charge in [-0.25, -0.2) is 4.79 Å². The first kappa shape index (κ1) is 20.5. The molecule has 0 saturated heterocycles. The lowest BCUT2D eigenvalue weighted by Gasteiger charge is -2.03. The summed E-state index contributed by atoms with van der Waals surface area (Å²) in [6, 6.07) is 0. The lowest BCUT2D eigenvalue weighted by atomic mass is 10.0. The number of hydrogen-bond acceptors (Lipinski definition) is 1. The molecule has 0 aromatic heterocycles. The molecule has 124 valence electrons. The number of hydrogen-bond donors (Lipinski definition) is 0. The molecule has 0 aromatic rings. The normalized spacial score (nSPS) is 10.6. The van der Waals surface area contributed by atoms with Crippen molar-refractivity contribution < 1.29 is 4.79 Å². The first-order chi connectivity index (χ1) is 10.3. The Morgan fingerprint density at radius 3 is 1.29 bits per heavy atom. The summed E-state index contributed by atoms with van der Waals surface area (Å²) in [5.74, 6) is 1.98. The molecular weight excluding hydrogens is 256 g/mol. The van der Waals surface area contributed by atoms with Crippen molar-refractivity contribution >= 4 is 5.94 Å². The van der Waals surface area contributed by atoms with E-state index in [2.05, 4.69) is 6.92 Å². The van der Waals surface area contributed by atoms with E-state index >= 15 is 0 Å². The summed E-state index contributed by atoms with van der Waals surface area (Å²) < 4.78 is 0. The SMILES string of the molecule is CCCCCCCCCCCCCCCCCC(C)=C=O. The molecule has 0 amide bonds. The molecule has 0 atom stereocenters. The number of rotatable bonds is 16. The minimum absolute atomic E-state index is 0.879. The Hall–Kier alpha value is -0.550. The van der Waals surface area contributed by atoms with Crippen LogP contribution in [0, 0.1) is 0 Å². The first-order valence-corrected chi connectivity index (χ1v) is 9.51. The van der Waals surface area contributed by atoms with Crippen molar-refractivity contribution in [2.24, 2.45) is 0 Å². The average Bonchev–Trinajstić information content (AvgIpc) is 2.50. The van der Waals surface area contributed by atoms with Gasteiger partial charge in [0.1, 0.15) is 5.94 Å². The van der Waals surface area contributed by atoms with Crippen LogP contribution in [0.25, 0.3) is 0 Å². The second kappa shape index (κ2) is 17.5. The van der Waals surface area contributed by atoms with Gasteiger partial charge in [-0.3, -0.25) is 0 Å². The van der Waals surface area contributed by atoms with Gasteiger partial charge >= 0.3 is 0 Å². The predicted octanol–water partition coefficient (Wildman–Crippen LogP) is 7.03. The minimum Gasteiger partial charge on any atom is -0.234 e. The summed E-state index contributed by atoms with van der Waals surface area (Å²) in [6.45, 7) is 4.17. The molecule has 0 aromatic carbocycles. The molecule has 0 heterocycles. The summed E-state index contributed by atoms with van der Waals surface area (Å²) in [6.07, 6.45) is 21.8. The molecule has 0 rings (SSSR count). The number of carbonyl (C=O) groups excluding carboxylic acids is 1. The molecule has 0 bridgehead atoms. The van der Waals surface area contributed by atoms with Gasteiger partial charge in [0.15, 0.2) is 0 Å². The van der Waals surface area contributed by atoms with Gasteiger partial charge in [-0.15, -0.1) is 0 Å². The van der Waals surface area contributed by atoms with Gasteiger partial charge in [-0.2, -0.15) is 0 Å². The Labute approximate surface area is 133 Å². The fourth-order valence-electron chi connectivity index (χ4n) is 2.81. The zero-order chi connectivity index (χ0) is 15.6. The summed E-state index contributed by atoms with van der Waals surface area (Å²) in [5, 5.41) is 0. The van der Waals surface area contributed by atoms with E-state index < -0.39 is 0 Å². The molecule has 0 unspecified atom stereocenters. The van der Waals surface area contributed by atoms with Crippen molar-refractivity contribution in [3.8, 4) is 0 Å². The van der Waals surface area contributed by atoms with Gasteiger partial charge in [-0.1, -0.05) is 96.8 Å². The quantitative estimate of drug-likeness (QED) is 0.221. The van der Waals surface area contributed by atoms with Crippen LogP contribution in [0.3, 0.4) is 0 Å². The van der Waals surface area contributed by atoms with Crippen LogP contribution in [0.5, 0.6) is 0 Å². The van der Waals surface area contributed by atoms with Crippen LogP contribution < -0.4 is 0 Å². The molecule has 0 radical (unpaired) electrons. The van der Waals surface area contributed by atoms with Crippen LogP contribution in [0.4, 0.5) is 0 Å². The average molecular weight is 295 g/mol. The van der Waals surface area contributed by atoms with Crippen molar-refractivity contribution in [3.05, 3.63) is 5.57 Å². The smallest absolute Gasteiger partial charge is 0.123 e. The Kier molecular flexibility index (Phi) is 17.0.